The van der Waals surface area contributed by atoms with Crippen LogP contribution in [-0.2, 0) is 37.5 Å². The van der Waals surface area contributed by atoms with E-state index in [2.05, 4.69) is 11.1 Å². The van der Waals surface area contributed by atoms with E-state index in [9.17, 15) is 4.79 Å². The van der Waals surface area contributed by atoms with Crippen LogP contribution in [0.1, 0.15) is 30.5 Å². The summed E-state index contributed by atoms with van der Waals surface area (Å²) in [5.41, 5.74) is 1.78. The molecule has 17 heavy (non-hydrogen) atoms. The Labute approximate surface area is 127 Å². The van der Waals surface area contributed by atoms with Gasteiger partial charge in [-0.15, -0.1) is 29.8 Å². The van der Waals surface area contributed by atoms with Crippen LogP contribution in [0.4, 0.5) is 0 Å². The quantitative estimate of drug-likeness (QED) is 0.781. The number of rotatable bonds is 2. The van der Waals surface area contributed by atoms with Crippen LogP contribution >= 0.6 is 0 Å². The Hall–Kier alpha value is -0.536. The summed E-state index contributed by atoms with van der Waals surface area (Å²) < 4.78 is 0. The summed E-state index contributed by atoms with van der Waals surface area (Å²) in [6.07, 6.45) is 6.52. The van der Waals surface area contributed by atoms with E-state index in [1.807, 2.05) is 32.2 Å². The molecule has 4 heteroatoms. The zero-order valence-corrected chi connectivity index (χ0v) is 13.0. The number of hydrogen-bond donors (Lipinski definition) is 0. The molecule has 1 unspecified atom stereocenters. The molecule has 87 valence electrons. The number of amides is 1. The standard InChI is InChI=1S/C13H15N2O.Y/c1-3-4-10-5-6-12(14-9-10)11-7-8-15(2)13(11)16;/h3-4,6,9,11H,7-8H2,1-2H3;/q-1;/b4-3+;. The number of likely N-dealkylation sites (N-methyl/N-ethyl adjacent to an activating group) is 1. The van der Waals surface area contributed by atoms with Crippen molar-refractivity contribution in [2.45, 2.75) is 19.3 Å². The van der Waals surface area contributed by atoms with E-state index in [0.29, 0.717) is 0 Å². The number of pyridine rings is 1. The van der Waals surface area contributed by atoms with E-state index >= 15 is 0 Å². The molecule has 1 aromatic rings. The third-order valence-electron chi connectivity index (χ3n) is 2.87. The number of nitrogens with zero attached hydrogens (tertiary/aromatic N) is 2. The van der Waals surface area contributed by atoms with Crippen LogP contribution in [0.5, 0.6) is 0 Å². The molecule has 0 aromatic carbocycles. The first kappa shape index (κ1) is 14.5. The molecule has 2 rings (SSSR count). The first-order valence-electron chi connectivity index (χ1n) is 5.47. The molecule has 0 aliphatic carbocycles. The van der Waals surface area contributed by atoms with Gasteiger partial charge in [0.25, 0.3) is 0 Å². The van der Waals surface area contributed by atoms with Crippen LogP contribution < -0.4 is 0 Å². The summed E-state index contributed by atoms with van der Waals surface area (Å²) in [6, 6.07) is 4.96. The van der Waals surface area contributed by atoms with Crippen molar-refractivity contribution >= 4 is 12.0 Å². The SMILES string of the molecule is C/C=C/c1[c-]cc(C2CCN(C)C2=O)nc1.[Y]. The molecule has 1 saturated heterocycles. The summed E-state index contributed by atoms with van der Waals surface area (Å²) in [6.45, 7) is 2.78. The van der Waals surface area contributed by atoms with Crippen molar-refractivity contribution in [2.24, 2.45) is 0 Å². The zero-order valence-electron chi connectivity index (χ0n) is 10.2. The van der Waals surface area contributed by atoms with Crippen molar-refractivity contribution in [3.05, 3.63) is 35.7 Å². The number of likely N-dealkylation sites (tertiary alicyclic amines) is 1. The van der Waals surface area contributed by atoms with E-state index in [4.69, 9.17) is 0 Å². The molecule has 1 aliphatic rings. The van der Waals surface area contributed by atoms with Crippen molar-refractivity contribution in [3.63, 3.8) is 0 Å². The van der Waals surface area contributed by atoms with E-state index < -0.39 is 0 Å². The summed E-state index contributed by atoms with van der Waals surface area (Å²) in [4.78, 5) is 17.9. The minimum atomic E-state index is -0.0686. The molecule has 1 amide bonds. The molecule has 1 aliphatic heterocycles. The van der Waals surface area contributed by atoms with Gasteiger partial charge in [-0.1, -0.05) is 13.1 Å². The van der Waals surface area contributed by atoms with Crippen molar-refractivity contribution < 1.29 is 37.5 Å². The fourth-order valence-corrected chi connectivity index (χ4v) is 1.93. The molecular formula is C13H15N2OY-. The van der Waals surface area contributed by atoms with E-state index in [0.717, 1.165) is 24.2 Å². The molecule has 0 bridgehead atoms. The monoisotopic (exact) mass is 304 g/mol. The van der Waals surface area contributed by atoms with Gasteiger partial charge in [0.05, 0.1) is 0 Å². The Morgan fingerprint density at radius 1 is 1.59 bits per heavy atom. The summed E-state index contributed by atoms with van der Waals surface area (Å²) >= 11 is 0. The minimum absolute atomic E-state index is 0. The van der Waals surface area contributed by atoms with Crippen LogP contribution in [0.2, 0.25) is 0 Å². The van der Waals surface area contributed by atoms with Crippen molar-refractivity contribution in [1.82, 2.24) is 9.88 Å². The second-order valence-electron chi connectivity index (χ2n) is 4.03. The number of carbonyl (C=O) groups excluding carboxylic acids is 1. The Bertz CT molecular complexity index is 414. The smallest absolute Gasteiger partial charge is 0.222 e. The van der Waals surface area contributed by atoms with Gasteiger partial charge in [0.15, 0.2) is 0 Å². The maximum atomic E-state index is 11.8. The third-order valence-corrected chi connectivity index (χ3v) is 2.87. The van der Waals surface area contributed by atoms with Gasteiger partial charge >= 0.3 is 0 Å². The Morgan fingerprint density at radius 3 is 2.82 bits per heavy atom. The van der Waals surface area contributed by atoms with Crippen LogP contribution in [-0.4, -0.2) is 29.4 Å². The molecule has 0 saturated carbocycles. The fourth-order valence-electron chi connectivity index (χ4n) is 1.93. The topological polar surface area (TPSA) is 33.2 Å². The van der Waals surface area contributed by atoms with Crippen LogP contribution in [0.3, 0.4) is 0 Å². The first-order chi connectivity index (χ1) is 7.72. The molecule has 0 spiro atoms. The first-order valence-corrected chi connectivity index (χ1v) is 5.47. The van der Waals surface area contributed by atoms with Gasteiger partial charge in [-0.05, 0) is 12.1 Å². The zero-order chi connectivity index (χ0) is 11.5. The summed E-state index contributed by atoms with van der Waals surface area (Å²) in [5, 5.41) is 0. The van der Waals surface area contributed by atoms with Gasteiger partial charge in [0, 0.05) is 52.2 Å². The normalized spacial score (nSPS) is 19.8. The maximum Gasteiger partial charge on any atom is 0.222 e. The Morgan fingerprint density at radius 2 is 2.35 bits per heavy atom. The number of aromatic nitrogens is 1. The van der Waals surface area contributed by atoms with Gasteiger partial charge in [0.2, 0.25) is 5.91 Å². The fraction of sp³-hybridized carbons (Fsp3) is 0.385. The predicted molar refractivity (Wildman–Crippen MR) is 62.8 cm³/mol. The molecule has 0 N–H and O–H groups in total. The molecule has 3 nitrogen and oxygen atoms in total. The predicted octanol–water partition coefficient (Wildman–Crippen LogP) is 1.86. The average Bonchev–Trinajstić information content (AvgIpc) is 2.62. The van der Waals surface area contributed by atoms with E-state index in [1.54, 1.807) is 11.1 Å². The Balaban J connectivity index is 0.00000144. The summed E-state index contributed by atoms with van der Waals surface area (Å²) in [7, 11) is 1.83. The van der Waals surface area contributed by atoms with Gasteiger partial charge in [-0.25, -0.2) is 0 Å². The molecular weight excluding hydrogens is 289 g/mol. The van der Waals surface area contributed by atoms with Crippen molar-refractivity contribution in [1.29, 1.82) is 0 Å². The molecule has 1 fully saturated rings. The van der Waals surface area contributed by atoms with E-state index in [-0.39, 0.29) is 44.5 Å². The van der Waals surface area contributed by atoms with Gasteiger partial charge in [-0.3, -0.25) is 4.79 Å². The minimum Gasteiger partial charge on any atom is -0.356 e. The number of hydrogen-bond acceptors (Lipinski definition) is 2. The molecule has 1 radical (unpaired) electrons. The molecule has 1 atom stereocenters. The van der Waals surface area contributed by atoms with Gasteiger partial charge in [-0.2, -0.15) is 0 Å². The van der Waals surface area contributed by atoms with Gasteiger partial charge in [0.1, 0.15) is 0 Å². The maximum absolute atomic E-state index is 11.8. The van der Waals surface area contributed by atoms with Crippen LogP contribution in [0, 0.1) is 6.07 Å². The largest absolute Gasteiger partial charge is 0.356 e. The summed E-state index contributed by atoms with van der Waals surface area (Å²) in [5.74, 6) is 0.0978. The van der Waals surface area contributed by atoms with Crippen molar-refractivity contribution in [3.8, 4) is 0 Å². The Kier molecular flexibility index (Phi) is 5.48. The third kappa shape index (κ3) is 3.23. The molecule has 2 heterocycles. The second kappa shape index (κ2) is 6.41. The van der Waals surface area contributed by atoms with Crippen LogP contribution in [0.15, 0.2) is 18.3 Å². The number of allylic oxidation sites excluding steroid dienone is 1. The molecule has 1 aromatic heterocycles. The van der Waals surface area contributed by atoms with E-state index in [1.165, 1.54) is 0 Å². The average molecular weight is 304 g/mol. The van der Waals surface area contributed by atoms with Crippen LogP contribution in [0.25, 0.3) is 6.08 Å². The van der Waals surface area contributed by atoms with Crippen molar-refractivity contribution in [2.75, 3.05) is 13.6 Å². The second-order valence-corrected chi connectivity index (χ2v) is 4.03. The number of carbonyl (C=O) groups is 1. The van der Waals surface area contributed by atoms with Gasteiger partial charge < -0.3 is 9.88 Å².